The number of amidine groups is 1. The number of aliphatic imine (C=N–C) groups is 1. The molecule has 23 heavy (non-hydrogen) atoms. The van der Waals surface area contributed by atoms with Crippen molar-refractivity contribution in [1.29, 1.82) is 0 Å². The molecule has 3 unspecified atom stereocenters. The fourth-order valence-electron chi connectivity index (χ4n) is 3.61. The maximum atomic E-state index is 5.06. The molecule has 0 aliphatic carbocycles. The van der Waals surface area contributed by atoms with Crippen LogP contribution in [0.2, 0.25) is 0 Å². The van der Waals surface area contributed by atoms with Gasteiger partial charge >= 0.3 is 0 Å². The van der Waals surface area contributed by atoms with Crippen LogP contribution in [0, 0.1) is 6.92 Å². The van der Waals surface area contributed by atoms with Crippen molar-refractivity contribution in [3.8, 4) is 0 Å². The summed E-state index contributed by atoms with van der Waals surface area (Å²) in [6.45, 7) is 4.48. The number of aromatic nitrogens is 1. The molecule has 0 N–H and O–H groups in total. The van der Waals surface area contributed by atoms with Gasteiger partial charge in [-0.2, -0.15) is 0 Å². The highest BCUT2D eigenvalue weighted by atomic mass is 32.2. The molecule has 0 bridgehead atoms. The maximum Gasteiger partial charge on any atom is 0.160 e. The lowest BCUT2D eigenvalue weighted by atomic mass is 9.92. The van der Waals surface area contributed by atoms with E-state index in [2.05, 4.69) is 60.1 Å². The molecule has 0 radical (unpaired) electrons. The van der Waals surface area contributed by atoms with Crippen molar-refractivity contribution in [1.82, 2.24) is 9.88 Å². The highest BCUT2D eigenvalue weighted by Crippen LogP contribution is 2.48. The summed E-state index contributed by atoms with van der Waals surface area (Å²) in [6.07, 6.45) is 3.03. The molecule has 2 aliphatic heterocycles. The van der Waals surface area contributed by atoms with Gasteiger partial charge in [-0.1, -0.05) is 49.0 Å². The summed E-state index contributed by atoms with van der Waals surface area (Å²) in [7, 11) is 0. The van der Waals surface area contributed by atoms with Crippen LogP contribution in [0.4, 0.5) is 0 Å². The topological polar surface area (TPSA) is 28.5 Å². The Morgan fingerprint density at radius 3 is 2.74 bits per heavy atom. The molecule has 3 nitrogen and oxygen atoms in total. The van der Waals surface area contributed by atoms with Crippen molar-refractivity contribution in [3.05, 3.63) is 65.5 Å². The minimum atomic E-state index is 0.0918. The van der Waals surface area contributed by atoms with Gasteiger partial charge in [0.2, 0.25) is 0 Å². The third-order valence-corrected chi connectivity index (χ3v) is 5.96. The second-order valence-corrected chi connectivity index (χ2v) is 7.18. The first-order chi connectivity index (χ1) is 11.3. The predicted octanol–water partition coefficient (Wildman–Crippen LogP) is 4.37. The van der Waals surface area contributed by atoms with E-state index in [1.54, 1.807) is 0 Å². The van der Waals surface area contributed by atoms with E-state index < -0.39 is 0 Å². The average molecular weight is 323 g/mol. The van der Waals surface area contributed by atoms with Crippen molar-refractivity contribution < 1.29 is 0 Å². The second-order valence-electron chi connectivity index (χ2n) is 6.19. The second kappa shape index (κ2) is 6.00. The molecule has 1 saturated heterocycles. The van der Waals surface area contributed by atoms with E-state index in [-0.39, 0.29) is 12.1 Å². The van der Waals surface area contributed by atoms with E-state index in [9.17, 15) is 0 Å². The van der Waals surface area contributed by atoms with Gasteiger partial charge in [0.15, 0.2) is 5.17 Å². The van der Waals surface area contributed by atoms with Crippen LogP contribution < -0.4 is 0 Å². The van der Waals surface area contributed by atoms with Crippen molar-refractivity contribution in [3.63, 3.8) is 0 Å². The van der Waals surface area contributed by atoms with E-state index in [0.29, 0.717) is 6.04 Å². The fraction of sp³-hybridized carbons (Fsp3) is 0.368. The summed E-state index contributed by atoms with van der Waals surface area (Å²) in [5.41, 5.74) is 3.78. The standard InChI is InChI=1S/C19H21N3S/c1-3-14-12-23-19-21-17(16-10-6-7-11-20-16)18(22(14)19)15-9-5-4-8-13(15)2/h4-11,14,17-18H,3,12H2,1-2H3. The first-order valence-corrected chi connectivity index (χ1v) is 9.23. The minimum Gasteiger partial charge on any atom is -0.338 e. The van der Waals surface area contributed by atoms with Gasteiger partial charge in [-0.05, 0) is 36.6 Å². The molecule has 1 aromatic heterocycles. The van der Waals surface area contributed by atoms with Gasteiger partial charge in [-0.15, -0.1) is 0 Å². The van der Waals surface area contributed by atoms with E-state index in [4.69, 9.17) is 4.99 Å². The summed E-state index contributed by atoms with van der Waals surface area (Å²) < 4.78 is 0. The average Bonchev–Trinajstić information content (AvgIpc) is 3.15. The zero-order valence-electron chi connectivity index (χ0n) is 13.5. The largest absolute Gasteiger partial charge is 0.338 e. The Labute approximate surface area is 141 Å². The number of pyridine rings is 1. The van der Waals surface area contributed by atoms with Gasteiger partial charge in [0.05, 0.1) is 11.7 Å². The fourth-order valence-corrected chi connectivity index (χ4v) is 4.94. The van der Waals surface area contributed by atoms with Crippen molar-refractivity contribution in [2.75, 3.05) is 5.75 Å². The summed E-state index contributed by atoms with van der Waals surface area (Å²) in [4.78, 5) is 12.2. The maximum absolute atomic E-state index is 5.06. The highest BCUT2D eigenvalue weighted by molar-refractivity contribution is 8.14. The molecule has 0 saturated carbocycles. The number of fused-ring (bicyclic) bond motifs is 1. The van der Waals surface area contributed by atoms with Gasteiger partial charge in [0.25, 0.3) is 0 Å². The number of rotatable bonds is 3. The minimum absolute atomic E-state index is 0.0918. The molecule has 0 amide bonds. The molecule has 2 aliphatic rings. The Hall–Kier alpha value is -1.81. The lowest BCUT2D eigenvalue weighted by molar-refractivity contribution is 0.254. The van der Waals surface area contributed by atoms with Gasteiger partial charge in [0, 0.05) is 18.0 Å². The van der Waals surface area contributed by atoms with Crippen molar-refractivity contribution in [2.24, 2.45) is 4.99 Å². The Morgan fingerprint density at radius 1 is 1.17 bits per heavy atom. The normalized spacial score (nSPS) is 26.3. The smallest absolute Gasteiger partial charge is 0.160 e. The number of hydrogen-bond acceptors (Lipinski definition) is 4. The number of benzene rings is 1. The molecule has 118 valence electrons. The Balaban J connectivity index is 1.82. The van der Waals surface area contributed by atoms with Gasteiger partial charge in [-0.3, -0.25) is 9.98 Å². The molecular formula is C19H21N3S. The number of thioether (sulfide) groups is 1. The van der Waals surface area contributed by atoms with Gasteiger partial charge in [-0.25, -0.2) is 0 Å². The van der Waals surface area contributed by atoms with E-state index in [1.165, 1.54) is 16.3 Å². The third kappa shape index (κ3) is 2.45. The van der Waals surface area contributed by atoms with Crippen LogP contribution in [-0.2, 0) is 0 Å². The summed E-state index contributed by atoms with van der Waals surface area (Å²) in [5, 5.41) is 1.20. The zero-order chi connectivity index (χ0) is 15.8. The molecule has 0 spiro atoms. The van der Waals surface area contributed by atoms with E-state index in [0.717, 1.165) is 17.9 Å². The quantitative estimate of drug-likeness (QED) is 0.840. The SMILES string of the molecule is CCC1CSC2=NC(c3ccccn3)C(c3ccccc3C)N21. The third-order valence-electron chi connectivity index (χ3n) is 4.84. The number of hydrogen-bond donors (Lipinski definition) is 0. The highest BCUT2D eigenvalue weighted by Gasteiger charge is 2.45. The molecule has 4 rings (SSSR count). The molecule has 4 heteroatoms. The molecule has 3 atom stereocenters. The van der Waals surface area contributed by atoms with E-state index >= 15 is 0 Å². The Morgan fingerprint density at radius 2 is 2.00 bits per heavy atom. The molecule has 1 aromatic carbocycles. The van der Waals surface area contributed by atoms with Gasteiger partial charge in [0.1, 0.15) is 6.04 Å². The molecular weight excluding hydrogens is 302 g/mol. The number of aryl methyl sites for hydroxylation is 1. The molecule has 3 heterocycles. The van der Waals surface area contributed by atoms with Crippen LogP contribution in [0.3, 0.4) is 0 Å². The first-order valence-electron chi connectivity index (χ1n) is 8.25. The molecule has 1 fully saturated rings. The van der Waals surface area contributed by atoms with Crippen LogP contribution in [0.25, 0.3) is 0 Å². The van der Waals surface area contributed by atoms with E-state index in [1.807, 2.05) is 24.0 Å². The van der Waals surface area contributed by atoms with Crippen LogP contribution >= 0.6 is 11.8 Å². The lowest BCUT2D eigenvalue weighted by Crippen LogP contribution is -2.35. The number of nitrogens with zero attached hydrogens (tertiary/aromatic N) is 3. The summed E-state index contributed by atoms with van der Waals surface area (Å²) in [6, 6.07) is 15.8. The van der Waals surface area contributed by atoms with Crippen LogP contribution in [0.15, 0.2) is 53.7 Å². The van der Waals surface area contributed by atoms with Crippen molar-refractivity contribution in [2.45, 2.75) is 38.4 Å². The van der Waals surface area contributed by atoms with Crippen LogP contribution in [0.1, 0.15) is 42.2 Å². The zero-order valence-corrected chi connectivity index (χ0v) is 14.3. The van der Waals surface area contributed by atoms with Crippen molar-refractivity contribution >= 4 is 16.9 Å². The summed E-state index contributed by atoms with van der Waals surface area (Å²) >= 11 is 1.90. The molecule has 2 aromatic rings. The Kier molecular flexibility index (Phi) is 3.85. The van der Waals surface area contributed by atoms with Crippen LogP contribution in [0.5, 0.6) is 0 Å². The Bertz CT molecular complexity index is 728. The van der Waals surface area contributed by atoms with Crippen LogP contribution in [-0.4, -0.2) is 26.8 Å². The predicted molar refractivity (Wildman–Crippen MR) is 96.7 cm³/mol. The monoisotopic (exact) mass is 323 g/mol. The van der Waals surface area contributed by atoms with Gasteiger partial charge < -0.3 is 4.90 Å². The lowest BCUT2D eigenvalue weighted by Gasteiger charge is -2.32. The summed E-state index contributed by atoms with van der Waals surface area (Å²) in [5.74, 6) is 1.15. The first kappa shape index (κ1) is 14.8.